The largest absolute Gasteiger partial charge is 0.402 e. The van der Waals surface area contributed by atoms with Gasteiger partial charge < -0.3 is 9.62 Å². The number of pyridine rings is 1. The molecule has 0 fully saturated rings. The number of fused-ring (bicyclic) bond motifs is 1. The topological polar surface area (TPSA) is 43.2 Å². The van der Waals surface area contributed by atoms with E-state index in [1.165, 1.54) is 0 Å². The number of para-hydroxylation sites is 3. The molecule has 0 N–H and O–H groups in total. The summed E-state index contributed by atoms with van der Waals surface area (Å²) in [7, 11) is 2.04. The Morgan fingerprint density at radius 3 is 2.24 bits per heavy atom. The van der Waals surface area contributed by atoms with E-state index >= 15 is 0 Å². The van der Waals surface area contributed by atoms with Crippen LogP contribution in [0.4, 0.5) is 22.9 Å². The Morgan fingerprint density at radius 2 is 1.60 bits per heavy atom. The molecule has 2 radical (unpaired) electrons. The number of nitrogens with zero attached hydrogens (tertiary/aromatic N) is 4. The standard InChI is InChI=1S/C19H14BN4.Ir/c1-14-11-15(12-21)13-22-19(14)24-18-10-6-5-9-17(18)23(20-24)16-7-3-2-4-8-16;/h2-11,13H,1H3;. The molecule has 122 valence electrons. The second-order valence-electron chi connectivity index (χ2n) is 5.66. The van der Waals surface area contributed by atoms with Gasteiger partial charge >= 0.3 is 7.55 Å². The maximum absolute atomic E-state index is 9.05. The molecule has 0 aliphatic carbocycles. The quantitative estimate of drug-likeness (QED) is 0.497. The van der Waals surface area contributed by atoms with Crippen molar-refractivity contribution in [3.8, 4) is 6.07 Å². The molecule has 25 heavy (non-hydrogen) atoms. The van der Waals surface area contributed by atoms with Crippen LogP contribution in [0.25, 0.3) is 0 Å². The van der Waals surface area contributed by atoms with Crippen LogP contribution in [0.15, 0.2) is 66.9 Å². The Labute approximate surface area is 161 Å². The number of anilines is 4. The molecule has 0 amide bonds. The second-order valence-corrected chi connectivity index (χ2v) is 5.66. The number of aryl methyl sites for hydroxylation is 1. The van der Waals surface area contributed by atoms with Crippen molar-refractivity contribution < 1.29 is 20.1 Å². The van der Waals surface area contributed by atoms with Gasteiger partial charge in [0.2, 0.25) is 0 Å². The van der Waals surface area contributed by atoms with Gasteiger partial charge in [0.15, 0.2) is 0 Å². The predicted molar refractivity (Wildman–Crippen MR) is 96.6 cm³/mol. The normalized spacial score (nSPS) is 12.0. The summed E-state index contributed by atoms with van der Waals surface area (Å²) in [6.45, 7) is 1.98. The van der Waals surface area contributed by atoms with Crippen molar-refractivity contribution >= 4 is 30.4 Å². The van der Waals surface area contributed by atoms with Crippen molar-refractivity contribution in [3.63, 3.8) is 0 Å². The number of nitriles is 1. The molecule has 0 spiro atoms. The van der Waals surface area contributed by atoms with E-state index in [-0.39, 0.29) is 20.1 Å². The van der Waals surface area contributed by atoms with Gasteiger partial charge in [0, 0.05) is 32.0 Å². The van der Waals surface area contributed by atoms with Gasteiger partial charge in [0.05, 0.1) is 16.9 Å². The number of benzene rings is 2. The maximum atomic E-state index is 9.05. The molecule has 0 bridgehead atoms. The van der Waals surface area contributed by atoms with E-state index in [4.69, 9.17) is 5.26 Å². The van der Waals surface area contributed by atoms with E-state index in [0.717, 1.165) is 28.4 Å². The van der Waals surface area contributed by atoms with Gasteiger partial charge in [0.1, 0.15) is 11.9 Å². The Balaban J connectivity index is 0.00000182. The molecule has 1 aliphatic heterocycles. The molecule has 1 aliphatic rings. The number of rotatable bonds is 2. The molecule has 2 heterocycles. The summed E-state index contributed by atoms with van der Waals surface area (Å²) in [6, 6.07) is 22.5. The van der Waals surface area contributed by atoms with Crippen LogP contribution in [-0.4, -0.2) is 12.5 Å². The Bertz CT molecular complexity index is 940. The minimum atomic E-state index is 0. The zero-order valence-electron chi connectivity index (χ0n) is 13.6. The average Bonchev–Trinajstić information content (AvgIpc) is 3.02. The summed E-state index contributed by atoms with van der Waals surface area (Å²) in [4.78, 5) is 8.72. The first kappa shape index (κ1) is 17.2. The van der Waals surface area contributed by atoms with Crippen LogP contribution >= 0.6 is 0 Å². The molecule has 4 rings (SSSR count). The minimum absolute atomic E-state index is 0. The average molecular weight is 501 g/mol. The van der Waals surface area contributed by atoms with Crippen LogP contribution < -0.4 is 9.62 Å². The van der Waals surface area contributed by atoms with E-state index in [2.05, 4.69) is 44.9 Å². The fourth-order valence-electron chi connectivity index (χ4n) is 2.96. The van der Waals surface area contributed by atoms with Gasteiger partial charge in [-0.3, -0.25) is 0 Å². The van der Waals surface area contributed by atoms with Crippen LogP contribution in [0.5, 0.6) is 0 Å². The summed E-state index contributed by atoms with van der Waals surface area (Å²) >= 11 is 0. The molecular weight excluding hydrogens is 487 g/mol. The molecule has 6 heteroatoms. The molecule has 0 atom stereocenters. The third kappa shape index (κ3) is 3.05. The van der Waals surface area contributed by atoms with E-state index in [9.17, 15) is 0 Å². The summed E-state index contributed by atoms with van der Waals surface area (Å²) in [5, 5.41) is 9.05. The van der Waals surface area contributed by atoms with Crippen LogP contribution in [0.3, 0.4) is 0 Å². The van der Waals surface area contributed by atoms with Gasteiger partial charge in [-0.25, -0.2) is 4.98 Å². The molecule has 1 aromatic heterocycles. The molecule has 0 unspecified atom stereocenters. The van der Waals surface area contributed by atoms with Crippen molar-refractivity contribution in [1.29, 1.82) is 5.26 Å². The summed E-state index contributed by atoms with van der Waals surface area (Å²) < 4.78 is 0. The Morgan fingerprint density at radius 1 is 0.960 bits per heavy atom. The predicted octanol–water partition coefficient (Wildman–Crippen LogP) is 4.08. The van der Waals surface area contributed by atoms with Crippen LogP contribution in [0.2, 0.25) is 0 Å². The third-order valence-electron chi connectivity index (χ3n) is 4.07. The number of hydrogen-bond donors (Lipinski definition) is 0. The monoisotopic (exact) mass is 502 g/mol. The molecule has 4 nitrogen and oxygen atoms in total. The summed E-state index contributed by atoms with van der Waals surface area (Å²) in [5.74, 6) is 0.833. The Hall–Kier alpha value is -2.61. The Kier molecular flexibility index (Phi) is 4.89. The van der Waals surface area contributed by atoms with Crippen LogP contribution in [-0.2, 0) is 20.1 Å². The maximum Gasteiger partial charge on any atom is 0.402 e. The van der Waals surface area contributed by atoms with Crippen molar-refractivity contribution in [2.24, 2.45) is 0 Å². The van der Waals surface area contributed by atoms with Gasteiger partial charge in [-0.15, -0.1) is 0 Å². The molecule has 3 aromatic rings. The van der Waals surface area contributed by atoms with Gasteiger partial charge in [-0.1, -0.05) is 30.3 Å². The third-order valence-corrected chi connectivity index (χ3v) is 4.07. The van der Waals surface area contributed by atoms with Crippen LogP contribution in [0.1, 0.15) is 11.1 Å². The first-order chi connectivity index (χ1) is 11.8. The molecule has 0 saturated carbocycles. The summed E-state index contributed by atoms with van der Waals surface area (Å²) in [5.41, 5.74) is 4.81. The van der Waals surface area contributed by atoms with Crippen molar-refractivity contribution in [2.45, 2.75) is 6.92 Å². The number of aromatic nitrogens is 1. The first-order valence-electron chi connectivity index (χ1n) is 7.72. The van der Waals surface area contributed by atoms with Gasteiger partial charge in [-0.05, 0) is 42.8 Å². The minimum Gasteiger partial charge on any atom is -0.367 e. The van der Waals surface area contributed by atoms with E-state index in [1.807, 2.05) is 50.9 Å². The van der Waals surface area contributed by atoms with Gasteiger partial charge in [0.25, 0.3) is 0 Å². The fraction of sp³-hybridized carbons (Fsp3) is 0.0526. The molecule has 0 saturated heterocycles. The van der Waals surface area contributed by atoms with Crippen molar-refractivity contribution in [1.82, 2.24) is 4.98 Å². The van der Waals surface area contributed by atoms with Gasteiger partial charge in [-0.2, -0.15) is 5.26 Å². The molecular formula is C19H14BIrN4. The fourth-order valence-corrected chi connectivity index (χ4v) is 2.96. The smallest absolute Gasteiger partial charge is 0.367 e. The van der Waals surface area contributed by atoms with Crippen molar-refractivity contribution in [3.05, 3.63) is 78.0 Å². The van der Waals surface area contributed by atoms with E-state index in [1.54, 1.807) is 6.20 Å². The SMILES string of the molecule is Cc1cc(C#N)cnc1N1[B]N(c2ccccc2)c2ccccc21.[Ir]. The van der Waals surface area contributed by atoms with Crippen LogP contribution in [0, 0.1) is 18.3 Å². The van der Waals surface area contributed by atoms with Crippen molar-refractivity contribution in [2.75, 3.05) is 9.62 Å². The van der Waals surface area contributed by atoms with E-state index in [0.29, 0.717) is 5.56 Å². The number of hydrogen-bond acceptors (Lipinski definition) is 4. The van der Waals surface area contributed by atoms with E-state index < -0.39 is 0 Å². The molecule has 2 aromatic carbocycles. The first-order valence-corrected chi connectivity index (χ1v) is 7.72. The zero-order chi connectivity index (χ0) is 16.5. The zero-order valence-corrected chi connectivity index (χ0v) is 15.9. The second kappa shape index (κ2) is 7.10. The summed E-state index contributed by atoms with van der Waals surface area (Å²) in [6.07, 6.45) is 1.62.